The van der Waals surface area contributed by atoms with Crippen molar-refractivity contribution in [3.8, 4) is 11.6 Å². The monoisotopic (exact) mass is 337 g/mol. The maximum absolute atomic E-state index is 11.0. The number of nitro benzene ring substituents is 1. The minimum absolute atomic E-state index is 0.109. The Kier molecular flexibility index (Phi) is 4.31. The van der Waals surface area contributed by atoms with Gasteiger partial charge in [-0.3, -0.25) is 10.1 Å². The standard InChI is InChI=1S/C13H12BrN3O3/c1-8(15)9-4-3-7-16-13(9)20-12-10(14)5-2-6-11(12)17(18)19/h2-8H,15H2,1H3. The Balaban J connectivity index is 2.48. The number of hydrogen-bond acceptors (Lipinski definition) is 5. The fraction of sp³-hybridized carbons (Fsp3) is 0.154. The van der Waals surface area contributed by atoms with Crippen molar-refractivity contribution >= 4 is 21.6 Å². The number of para-hydroxylation sites is 1. The summed E-state index contributed by atoms with van der Waals surface area (Å²) in [6, 6.07) is 7.82. The highest BCUT2D eigenvalue weighted by atomic mass is 79.9. The van der Waals surface area contributed by atoms with Crippen LogP contribution in [0.3, 0.4) is 0 Å². The molecular weight excluding hydrogens is 326 g/mol. The summed E-state index contributed by atoms with van der Waals surface area (Å²) in [6.07, 6.45) is 1.55. The van der Waals surface area contributed by atoms with E-state index >= 15 is 0 Å². The summed E-state index contributed by atoms with van der Waals surface area (Å²) in [4.78, 5) is 14.6. The van der Waals surface area contributed by atoms with Crippen molar-refractivity contribution in [3.05, 3.63) is 56.7 Å². The second kappa shape index (κ2) is 5.98. The molecule has 104 valence electrons. The Morgan fingerprint density at radius 2 is 2.15 bits per heavy atom. The first kappa shape index (κ1) is 14.4. The van der Waals surface area contributed by atoms with E-state index in [0.717, 1.165) is 0 Å². The molecule has 6 nitrogen and oxygen atoms in total. The third-order valence-corrected chi connectivity index (χ3v) is 3.26. The fourth-order valence-electron chi connectivity index (χ4n) is 1.67. The zero-order valence-electron chi connectivity index (χ0n) is 10.6. The van der Waals surface area contributed by atoms with E-state index in [0.29, 0.717) is 10.0 Å². The van der Waals surface area contributed by atoms with Crippen molar-refractivity contribution in [2.24, 2.45) is 5.73 Å². The Morgan fingerprint density at radius 3 is 2.80 bits per heavy atom. The minimum atomic E-state index is -0.505. The van der Waals surface area contributed by atoms with Crippen LogP contribution in [-0.2, 0) is 0 Å². The Morgan fingerprint density at radius 1 is 1.40 bits per heavy atom. The molecule has 2 rings (SSSR count). The van der Waals surface area contributed by atoms with E-state index in [1.165, 1.54) is 6.07 Å². The number of nitro groups is 1. The lowest BCUT2D eigenvalue weighted by atomic mass is 10.1. The first-order chi connectivity index (χ1) is 9.50. The van der Waals surface area contributed by atoms with Crippen LogP contribution in [0.25, 0.3) is 0 Å². The number of benzene rings is 1. The summed E-state index contributed by atoms with van der Waals surface area (Å²) in [7, 11) is 0. The van der Waals surface area contributed by atoms with Crippen LogP contribution in [0.1, 0.15) is 18.5 Å². The Bertz CT molecular complexity index is 647. The van der Waals surface area contributed by atoms with Crippen molar-refractivity contribution < 1.29 is 9.66 Å². The number of hydrogen-bond donors (Lipinski definition) is 1. The largest absolute Gasteiger partial charge is 0.430 e. The van der Waals surface area contributed by atoms with Gasteiger partial charge in [0, 0.05) is 23.9 Å². The summed E-state index contributed by atoms with van der Waals surface area (Å²) < 4.78 is 6.09. The van der Waals surface area contributed by atoms with Crippen molar-refractivity contribution in [2.45, 2.75) is 13.0 Å². The summed E-state index contributed by atoms with van der Waals surface area (Å²) in [5, 5.41) is 11.0. The molecule has 0 bridgehead atoms. The van der Waals surface area contributed by atoms with Crippen LogP contribution in [0.4, 0.5) is 5.69 Å². The van der Waals surface area contributed by atoms with Crippen LogP contribution >= 0.6 is 15.9 Å². The van der Waals surface area contributed by atoms with Gasteiger partial charge in [0.15, 0.2) is 0 Å². The molecule has 0 radical (unpaired) electrons. The normalized spacial score (nSPS) is 11.9. The lowest BCUT2D eigenvalue weighted by Gasteiger charge is -2.13. The van der Waals surface area contributed by atoms with Crippen molar-refractivity contribution in [3.63, 3.8) is 0 Å². The lowest BCUT2D eigenvalue weighted by molar-refractivity contribution is -0.385. The molecule has 1 heterocycles. The number of nitrogens with zero attached hydrogens (tertiary/aromatic N) is 2. The van der Waals surface area contributed by atoms with Crippen LogP contribution in [-0.4, -0.2) is 9.91 Å². The van der Waals surface area contributed by atoms with Crippen molar-refractivity contribution in [2.75, 3.05) is 0 Å². The van der Waals surface area contributed by atoms with Crippen LogP contribution in [0, 0.1) is 10.1 Å². The number of rotatable bonds is 4. The molecule has 0 aliphatic heterocycles. The molecule has 1 unspecified atom stereocenters. The number of nitrogens with two attached hydrogens (primary N) is 1. The Labute approximate surface area is 123 Å². The zero-order valence-corrected chi connectivity index (χ0v) is 12.2. The average molecular weight is 338 g/mol. The molecule has 1 aromatic carbocycles. The molecule has 2 N–H and O–H groups in total. The molecule has 7 heteroatoms. The number of pyridine rings is 1. The molecule has 0 aliphatic carbocycles. The van der Waals surface area contributed by atoms with Gasteiger partial charge in [0.05, 0.1) is 9.40 Å². The van der Waals surface area contributed by atoms with Gasteiger partial charge in [0.2, 0.25) is 11.6 Å². The second-order valence-electron chi connectivity index (χ2n) is 4.13. The third kappa shape index (κ3) is 2.94. The van der Waals surface area contributed by atoms with Gasteiger partial charge < -0.3 is 10.5 Å². The Hall–Kier alpha value is -1.99. The topological polar surface area (TPSA) is 91.3 Å². The first-order valence-corrected chi connectivity index (χ1v) is 6.61. The highest BCUT2D eigenvalue weighted by molar-refractivity contribution is 9.10. The van der Waals surface area contributed by atoms with Crippen LogP contribution in [0.2, 0.25) is 0 Å². The summed E-state index contributed by atoms with van der Waals surface area (Å²) in [5.74, 6) is 0.371. The number of ether oxygens (including phenoxy) is 1. The molecule has 2 aromatic rings. The molecular formula is C13H12BrN3O3. The van der Waals surface area contributed by atoms with Crippen molar-refractivity contribution in [1.82, 2.24) is 4.98 Å². The van der Waals surface area contributed by atoms with E-state index in [-0.39, 0.29) is 23.4 Å². The predicted octanol–water partition coefficient (Wildman–Crippen LogP) is 3.56. The van der Waals surface area contributed by atoms with Gasteiger partial charge in [0.1, 0.15) is 0 Å². The molecule has 0 saturated carbocycles. The molecule has 0 amide bonds. The quantitative estimate of drug-likeness (QED) is 0.680. The zero-order chi connectivity index (χ0) is 14.7. The van der Waals surface area contributed by atoms with Gasteiger partial charge in [-0.25, -0.2) is 4.98 Å². The van der Waals surface area contributed by atoms with Crippen LogP contribution in [0.15, 0.2) is 41.0 Å². The van der Waals surface area contributed by atoms with E-state index < -0.39 is 4.92 Å². The highest BCUT2D eigenvalue weighted by Crippen LogP contribution is 2.38. The summed E-state index contributed by atoms with van der Waals surface area (Å²) in [6.45, 7) is 1.79. The van der Waals surface area contributed by atoms with E-state index in [2.05, 4.69) is 20.9 Å². The van der Waals surface area contributed by atoms with Crippen LogP contribution < -0.4 is 10.5 Å². The van der Waals surface area contributed by atoms with Gasteiger partial charge in [0.25, 0.3) is 0 Å². The summed E-state index contributed by atoms with van der Waals surface area (Å²) in [5.41, 5.74) is 6.38. The molecule has 0 spiro atoms. The van der Waals surface area contributed by atoms with Gasteiger partial charge in [-0.15, -0.1) is 0 Å². The molecule has 0 fully saturated rings. The summed E-state index contributed by atoms with van der Waals surface area (Å²) >= 11 is 3.25. The number of halogens is 1. The average Bonchev–Trinajstić information content (AvgIpc) is 2.41. The first-order valence-electron chi connectivity index (χ1n) is 5.82. The molecule has 20 heavy (non-hydrogen) atoms. The van der Waals surface area contributed by atoms with E-state index in [9.17, 15) is 10.1 Å². The maximum Gasteiger partial charge on any atom is 0.312 e. The van der Waals surface area contributed by atoms with Crippen LogP contribution in [0.5, 0.6) is 11.6 Å². The predicted molar refractivity (Wildman–Crippen MR) is 77.7 cm³/mol. The molecule has 0 aliphatic rings. The third-order valence-electron chi connectivity index (χ3n) is 2.63. The molecule has 1 aromatic heterocycles. The highest BCUT2D eigenvalue weighted by Gasteiger charge is 2.21. The van der Waals surface area contributed by atoms with Gasteiger partial charge in [-0.1, -0.05) is 12.1 Å². The SMILES string of the molecule is CC(N)c1cccnc1Oc1c(Br)cccc1[N+](=O)[O-]. The second-order valence-corrected chi connectivity index (χ2v) is 4.99. The van der Waals surface area contributed by atoms with Crippen molar-refractivity contribution in [1.29, 1.82) is 0 Å². The van der Waals surface area contributed by atoms with Gasteiger partial charge in [-0.2, -0.15) is 0 Å². The smallest absolute Gasteiger partial charge is 0.312 e. The van der Waals surface area contributed by atoms with E-state index in [1.54, 1.807) is 37.4 Å². The minimum Gasteiger partial charge on any atom is -0.430 e. The fourth-order valence-corrected chi connectivity index (χ4v) is 2.11. The molecule has 0 saturated heterocycles. The lowest BCUT2D eigenvalue weighted by Crippen LogP contribution is -2.08. The van der Waals surface area contributed by atoms with E-state index in [1.807, 2.05) is 0 Å². The maximum atomic E-state index is 11.0. The number of aromatic nitrogens is 1. The van der Waals surface area contributed by atoms with Gasteiger partial charge in [-0.05, 0) is 35.0 Å². The molecule has 1 atom stereocenters. The van der Waals surface area contributed by atoms with Gasteiger partial charge >= 0.3 is 5.69 Å². The van der Waals surface area contributed by atoms with E-state index in [4.69, 9.17) is 10.5 Å².